The van der Waals surface area contributed by atoms with Crippen LogP contribution in [0, 0.1) is 6.92 Å². The normalized spacial score (nSPS) is 12.5. The smallest absolute Gasteiger partial charge is 0.162 e. The lowest BCUT2D eigenvalue weighted by molar-refractivity contribution is 0.355. The topological polar surface area (TPSA) is 57.4 Å². The zero-order valence-electron chi connectivity index (χ0n) is 11.9. The van der Waals surface area contributed by atoms with Gasteiger partial charge in [-0.15, -0.1) is 0 Å². The second-order valence-corrected chi connectivity index (χ2v) is 4.84. The summed E-state index contributed by atoms with van der Waals surface area (Å²) in [5.74, 6) is 1.42. The fourth-order valence-corrected chi connectivity index (χ4v) is 2.23. The quantitative estimate of drug-likeness (QED) is 0.917. The van der Waals surface area contributed by atoms with Gasteiger partial charge >= 0.3 is 0 Å². The lowest BCUT2D eigenvalue weighted by atomic mass is 10.1. The summed E-state index contributed by atoms with van der Waals surface area (Å²) in [4.78, 5) is 4.64. The van der Waals surface area contributed by atoms with Gasteiger partial charge < -0.3 is 15.2 Å². The summed E-state index contributed by atoms with van der Waals surface area (Å²) in [7, 11) is 3.26. The van der Waals surface area contributed by atoms with Crippen LogP contribution in [0.5, 0.6) is 11.5 Å². The van der Waals surface area contributed by atoms with Gasteiger partial charge in [0, 0.05) is 29.6 Å². The minimum Gasteiger partial charge on any atom is -0.493 e. The maximum absolute atomic E-state index is 5.84. The molecule has 0 aliphatic heterocycles. The molecule has 19 heavy (non-hydrogen) atoms. The monoisotopic (exact) mass is 260 g/mol. The number of pyridine rings is 1. The van der Waals surface area contributed by atoms with E-state index in [0.717, 1.165) is 28.8 Å². The molecular formula is C15H20N2O2. The van der Waals surface area contributed by atoms with Crippen LogP contribution < -0.4 is 15.2 Å². The zero-order chi connectivity index (χ0) is 14.0. The minimum absolute atomic E-state index is 0.101. The molecule has 0 aliphatic carbocycles. The van der Waals surface area contributed by atoms with E-state index in [4.69, 9.17) is 15.2 Å². The maximum Gasteiger partial charge on any atom is 0.162 e. The fraction of sp³-hybridized carbons (Fsp3) is 0.400. The Labute approximate surface area is 113 Å². The molecule has 0 saturated carbocycles. The molecule has 0 radical (unpaired) electrons. The Kier molecular flexibility index (Phi) is 3.90. The van der Waals surface area contributed by atoms with Crippen LogP contribution in [0.1, 0.15) is 18.2 Å². The van der Waals surface area contributed by atoms with Crippen molar-refractivity contribution < 1.29 is 9.47 Å². The molecule has 0 saturated heterocycles. The summed E-state index contributed by atoms with van der Waals surface area (Å²) in [6.45, 7) is 4.05. The van der Waals surface area contributed by atoms with Crippen LogP contribution in [0.15, 0.2) is 18.2 Å². The lowest BCUT2D eigenvalue weighted by Gasteiger charge is -2.12. The third-order valence-corrected chi connectivity index (χ3v) is 3.11. The van der Waals surface area contributed by atoms with Crippen molar-refractivity contribution in [3.05, 3.63) is 29.5 Å². The first kappa shape index (κ1) is 13.6. The van der Waals surface area contributed by atoms with E-state index < -0.39 is 0 Å². The molecule has 0 aliphatic rings. The Balaban J connectivity index is 2.60. The Morgan fingerprint density at radius 3 is 2.37 bits per heavy atom. The third kappa shape index (κ3) is 2.79. The van der Waals surface area contributed by atoms with Crippen molar-refractivity contribution in [1.82, 2.24) is 4.98 Å². The number of ether oxygens (including phenoxy) is 2. The summed E-state index contributed by atoms with van der Waals surface area (Å²) >= 11 is 0. The van der Waals surface area contributed by atoms with Crippen LogP contribution in [-0.4, -0.2) is 25.2 Å². The first-order valence-corrected chi connectivity index (χ1v) is 6.33. The fourth-order valence-electron chi connectivity index (χ4n) is 2.23. The third-order valence-electron chi connectivity index (χ3n) is 3.11. The maximum atomic E-state index is 5.84. The van der Waals surface area contributed by atoms with Crippen LogP contribution in [-0.2, 0) is 6.42 Å². The van der Waals surface area contributed by atoms with Crippen LogP contribution in [0.2, 0.25) is 0 Å². The first-order chi connectivity index (χ1) is 9.05. The lowest BCUT2D eigenvalue weighted by Crippen LogP contribution is -2.18. The van der Waals surface area contributed by atoms with Gasteiger partial charge in [0.2, 0.25) is 0 Å². The summed E-state index contributed by atoms with van der Waals surface area (Å²) in [5.41, 5.74) is 8.92. The van der Waals surface area contributed by atoms with Gasteiger partial charge in [-0.2, -0.15) is 0 Å². The molecular weight excluding hydrogens is 240 g/mol. The number of fused-ring (bicyclic) bond motifs is 1. The van der Waals surface area contributed by atoms with E-state index in [1.54, 1.807) is 14.2 Å². The van der Waals surface area contributed by atoms with Crippen LogP contribution in [0.25, 0.3) is 10.9 Å². The van der Waals surface area contributed by atoms with E-state index in [9.17, 15) is 0 Å². The molecule has 2 aromatic rings. The number of aromatic nitrogens is 1. The van der Waals surface area contributed by atoms with Gasteiger partial charge in [-0.05, 0) is 31.5 Å². The van der Waals surface area contributed by atoms with Crippen molar-refractivity contribution in [2.24, 2.45) is 5.73 Å². The number of nitrogens with zero attached hydrogens (tertiary/aromatic N) is 1. The van der Waals surface area contributed by atoms with E-state index in [-0.39, 0.29) is 6.04 Å². The van der Waals surface area contributed by atoms with E-state index in [1.165, 1.54) is 5.56 Å². The van der Waals surface area contributed by atoms with Crippen LogP contribution >= 0.6 is 0 Å². The molecule has 4 nitrogen and oxygen atoms in total. The van der Waals surface area contributed by atoms with Crippen LogP contribution in [0.3, 0.4) is 0 Å². The molecule has 1 aromatic heterocycles. The van der Waals surface area contributed by atoms with Crippen LogP contribution in [0.4, 0.5) is 0 Å². The van der Waals surface area contributed by atoms with Gasteiger partial charge in [-0.3, -0.25) is 4.98 Å². The van der Waals surface area contributed by atoms with Gasteiger partial charge in [0.15, 0.2) is 11.5 Å². The van der Waals surface area contributed by atoms with Gasteiger partial charge in [0.25, 0.3) is 0 Å². The van der Waals surface area contributed by atoms with Crippen molar-refractivity contribution in [3.63, 3.8) is 0 Å². The highest BCUT2D eigenvalue weighted by atomic mass is 16.5. The molecule has 2 rings (SSSR count). The predicted molar refractivity (Wildman–Crippen MR) is 76.9 cm³/mol. The number of hydrogen-bond donors (Lipinski definition) is 1. The summed E-state index contributed by atoms with van der Waals surface area (Å²) in [6.07, 6.45) is 0.769. The number of hydrogen-bond acceptors (Lipinski definition) is 4. The summed E-state index contributed by atoms with van der Waals surface area (Å²) < 4.78 is 10.6. The van der Waals surface area contributed by atoms with Gasteiger partial charge in [0.05, 0.1) is 19.7 Å². The van der Waals surface area contributed by atoms with Gasteiger partial charge in [-0.1, -0.05) is 0 Å². The Hall–Kier alpha value is -1.81. The van der Waals surface area contributed by atoms with E-state index >= 15 is 0 Å². The molecule has 0 amide bonds. The molecule has 1 unspecified atom stereocenters. The van der Waals surface area contributed by atoms with Gasteiger partial charge in [0.1, 0.15) is 0 Å². The number of benzene rings is 1. The largest absolute Gasteiger partial charge is 0.493 e. The second kappa shape index (κ2) is 5.45. The zero-order valence-corrected chi connectivity index (χ0v) is 11.9. The molecule has 1 heterocycles. The number of aryl methyl sites for hydroxylation is 1. The molecule has 1 aromatic carbocycles. The highest BCUT2D eigenvalue weighted by Crippen LogP contribution is 2.32. The Morgan fingerprint density at radius 1 is 1.16 bits per heavy atom. The Morgan fingerprint density at radius 2 is 1.79 bits per heavy atom. The average molecular weight is 260 g/mol. The SMILES string of the molecule is COc1cc2nc(CC(C)N)cc(C)c2cc1OC. The molecule has 4 heteroatoms. The predicted octanol–water partition coefficient (Wildman–Crippen LogP) is 2.45. The molecule has 0 fully saturated rings. The molecule has 1 atom stereocenters. The summed E-state index contributed by atoms with van der Waals surface area (Å²) in [6, 6.07) is 6.06. The van der Waals surface area contributed by atoms with E-state index in [1.807, 2.05) is 19.1 Å². The molecule has 0 bridgehead atoms. The second-order valence-electron chi connectivity index (χ2n) is 4.84. The van der Waals surface area contributed by atoms with Crippen molar-refractivity contribution in [2.45, 2.75) is 26.3 Å². The highest BCUT2D eigenvalue weighted by molar-refractivity contribution is 5.85. The molecule has 0 spiro atoms. The molecule has 102 valence electrons. The first-order valence-electron chi connectivity index (χ1n) is 6.33. The standard InChI is InChI=1S/C15H20N2O2/c1-9-5-11(6-10(2)16)17-13-8-15(19-4)14(18-3)7-12(9)13/h5,7-8,10H,6,16H2,1-4H3. The average Bonchev–Trinajstić information content (AvgIpc) is 2.36. The highest BCUT2D eigenvalue weighted by Gasteiger charge is 2.10. The van der Waals surface area contributed by atoms with E-state index in [2.05, 4.69) is 18.0 Å². The van der Waals surface area contributed by atoms with Crippen molar-refractivity contribution in [3.8, 4) is 11.5 Å². The summed E-state index contributed by atoms with van der Waals surface area (Å²) in [5, 5.41) is 1.08. The van der Waals surface area contributed by atoms with E-state index in [0.29, 0.717) is 5.75 Å². The Bertz CT molecular complexity index is 594. The number of rotatable bonds is 4. The van der Waals surface area contributed by atoms with Crippen molar-refractivity contribution in [2.75, 3.05) is 14.2 Å². The minimum atomic E-state index is 0.101. The number of methoxy groups -OCH3 is 2. The van der Waals surface area contributed by atoms with Gasteiger partial charge in [-0.25, -0.2) is 0 Å². The van der Waals surface area contributed by atoms with Crippen molar-refractivity contribution >= 4 is 10.9 Å². The van der Waals surface area contributed by atoms with Crippen molar-refractivity contribution in [1.29, 1.82) is 0 Å². The molecule has 2 N–H and O–H groups in total. The number of nitrogens with two attached hydrogens (primary N) is 1.